The van der Waals surface area contributed by atoms with E-state index < -0.39 is 51.3 Å². The number of anilines is 5. The number of pyridine rings is 2. The molecule has 2 saturated heterocycles. The minimum atomic E-state index is -4.82. The Morgan fingerprint density at radius 1 is 0.832 bits per heavy atom. The van der Waals surface area contributed by atoms with Gasteiger partial charge < -0.3 is 81.0 Å². The quantitative estimate of drug-likeness (QED) is 0.00934. The molecule has 2 unspecified atom stereocenters. The maximum absolute atomic E-state index is 13.2. The summed E-state index contributed by atoms with van der Waals surface area (Å²) < 4.78 is 62.0. The lowest BCUT2D eigenvalue weighted by atomic mass is 10.0. The number of aryl methyl sites for hydroxylation is 5. The van der Waals surface area contributed by atoms with Gasteiger partial charge in [-0.15, -0.1) is 18.3 Å². The number of imidazole rings is 1. The molecule has 2 aliphatic heterocycles. The van der Waals surface area contributed by atoms with Gasteiger partial charge in [-0.1, -0.05) is 86.3 Å². The molecule has 10 heterocycles. The number of carbonyl (C=O) groups is 6. The number of ether oxygens (including phenoxy) is 2. The number of thioether (sulfide) groups is 1. The third kappa shape index (κ3) is 27.6. The first-order chi connectivity index (χ1) is 62.5. The molecule has 0 saturated carbocycles. The molecular weight excluding hydrogens is 1770 g/mol. The highest BCUT2D eigenvalue weighted by molar-refractivity contribution is 8.15. The fraction of sp³-hybridized carbons (Fsp3) is 0.200. The number of hydrogen-bond donors (Lipinski definition) is 10. The van der Waals surface area contributed by atoms with Crippen LogP contribution < -0.4 is 67.0 Å². The van der Waals surface area contributed by atoms with Crippen LogP contribution in [0.5, 0.6) is 11.5 Å². The summed E-state index contributed by atoms with van der Waals surface area (Å²) in [6.45, 7) is 12.2. The Bertz CT molecular complexity index is 6320. The van der Waals surface area contributed by atoms with Crippen LogP contribution in [0.4, 0.5) is 63.0 Å². The minimum absolute atomic E-state index is 0.00429. The van der Waals surface area contributed by atoms with E-state index in [0.717, 1.165) is 102 Å². The normalized spacial score (nSPS) is 13.5. The van der Waals surface area contributed by atoms with Gasteiger partial charge in [0.2, 0.25) is 17.3 Å². The lowest BCUT2D eigenvalue weighted by Gasteiger charge is -2.16. The van der Waals surface area contributed by atoms with Crippen LogP contribution in [0.2, 0.25) is 0 Å². The summed E-state index contributed by atoms with van der Waals surface area (Å²) in [4.78, 5) is 112. The molecule has 0 bridgehead atoms. The molecule has 5 aromatic carbocycles. The number of furan rings is 2. The Balaban J connectivity index is 0.000000176. The molecule has 6 amide bonds. The van der Waals surface area contributed by atoms with Crippen LogP contribution in [-0.4, -0.2) is 168 Å². The first kappa shape index (κ1) is 96.9. The van der Waals surface area contributed by atoms with Gasteiger partial charge in [0.1, 0.15) is 58.2 Å². The second-order valence-electron chi connectivity index (χ2n) is 28.6. The van der Waals surface area contributed by atoms with Crippen molar-refractivity contribution >= 4 is 157 Å². The summed E-state index contributed by atoms with van der Waals surface area (Å²) in [6.07, 6.45) is 6.92. The van der Waals surface area contributed by atoms with E-state index in [2.05, 4.69) is 95.8 Å². The molecule has 13 aromatic rings. The number of nitrogens with one attached hydrogen (secondary N) is 8. The van der Waals surface area contributed by atoms with Gasteiger partial charge in [-0.2, -0.15) is 29.5 Å². The van der Waals surface area contributed by atoms with E-state index in [4.69, 9.17) is 46.5 Å². The number of urea groups is 1. The van der Waals surface area contributed by atoms with Crippen molar-refractivity contribution in [3.8, 4) is 28.7 Å². The number of halogens is 3. The molecule has 0 aliphatic carbocycles. The number of amidine groups is 1. The van der Waals surface area contributed by atoms with E-state index in [9.17, 15) is 62.2 Å². The number of aromatic amines is 1. The number of alkyl halides is 3. The number of thiocarbonyl (C=S) groups is 2. The van der Waals surface area contributed by atoms with Gasteiger partial charge in [0.25, 0.3) is 11.8 Å². The number of amides is 6. The van der Waals surface area contributed by atoms with Crippen LogP contribution in [-0.2, 0) is 27.9 Å². The van der Waals surface area contributed by atoms with E-state index in [1.165, 1.54) is 47.5 Å². The van der Waals surface area contributed by atoms with E-state index in [-0.39, 0.29) is 63.7 Å². The SMILES string of the molecule is COc1cc(C)[n+](OC(=O)N(C)C)c(C)c1.Cc1cccc(C)c1Nc1c(-c2ccccc2NC(=O)Nc2ccc(OC(F)(F)F)cc2)nc2c(C(=O)NCC(C)C)cccn12.Cn1nc([N+](=O)[O-])nc1-n1cc([N+](=O)[O-])cn1.NC(=S)N/N=C/c1ccco1.O=C(O)CC1S/C(=N/N=C/c2ccco2)NC1=O.O=C1C(Cc2ccc3[nH]ccc3c2)NC(=S)N1c1ccccc1. The number of hydrogen-bond acceptors (Lipinski definition) is 26. The van der Waals surface area contributed by atoms with Crippen molar-refractivity contribution in [3.63, 3.8) is 0 Å². The van der Waals surface area contributed by atoms with Gasteiger partial charge in [0.15, 0.2) is 21.0 Å². The smallest absolute Gasteiger partial charge is 0.496 e. The third-order valence-electron chi connectivity index (χ3n) is 18.1. The Labute approximate surface area is 758 Å². The Hall–Kier alpha value is -16.3. The minimum Gasteiger partial charge on any atom is -0.496 e. The summed E-state index contributed by atoms with van der Waals surface area (Å²) >= 11 is 10.9. The monoisotopic (exact) mass is 1850 g/mol. The maximum Gasteiger partial charge on any atom is 0.573 e. The van der Waals surface area contributed by atoms with Crippen molar-refractivity contribution in [2.45, 2.75) is 72.0 Å². The molecule has 46 heteroatoms. The number of benzene rings is 5. The fourth-order valence-corrected chi connectivity index (χ4v) is 13.4. The van der Waals surface area contributed by atoms with Crippen LogP contribution in [0.15, 0.2) is 231 Å². The number of nitro groups is 2. The largest absolute Gasteiger partial charge is 0.573 e. The standard InChI is InChI=1S/C34H33F3N6O3.C18H15N3OS.C11H17N2O3.C10H9N3O4S.C6H5N7O4.C6H7N3OS/c1-20(2)19-38-32(44)26-12-8-18-43-30(26)42-29(31(43)41-28-21(3)9-7-10-22(28)4)25-11-5-6-13-27(25)40-33(45)39-23-14-16-24(17-15-23)46-34(35,36)37;22-17-16(11-12-6-7-15-13(10-12)8-9-19-15)20-18(23)21(17)14-4-2-1-3-5-14;1-8-6-10(15-5)7-9(2)13(8)16-11(14)12(3)4;14-8(15)4-7-9(16)12-10(18-7)13-11-5-6-2-1-3-17-6;1-10-6(8-5(9-10)13(16)17)11-3-4(2-7-11)12(14)15;7-6(11)9-8-4-5-2-1-3-10-5/h5-18,20,41H,19H2,1-4H3,(H,38,44)(H2,39,40,45);1-10,16,19H,11H2,(H,20,23);6-7H,1-5H3;1-3,5,7H,4H2,(H,14,15)(H,12,13,16);2-3H,1H3;1-4H,(H3,7,9,11)/q;;+1;;;/b;;;11-5+;;8-4+. The Morgan fingerprint density at radius 3 is 2.12 bits per heavy atom. The topological polar surface area (TPSA) is 502 Å². The number of carboxylic acids is 1. The number of nitrogens with zero attached hydrogens (tertiary/aromatic N) is 15. The number of methoxy groups -OCH3 is 1. The number of H-pyrrole nitrogens is 1. The first-order valence-electron chi connectivity index (χ1n) is 39.1. The molecule has 8 aromatic heterocycles. The molecule has 2 fully saturated rings. The van der Waals surface area contributed by atoms with Gasteiger partial charge >= 0.3 is 42.0 Å². The molecule has 131 heavy (non-hydrogen) atoms. The number of hydrazone groups is 1. The van der Waals surface area contributed by atoms with Gasteiger partial charge in [0.05, 0.1) is 72.5 Å². The Morgan fingerprint density at radius 2 is 1.51 bits per heavy atom. The zero-order valence-corrected chi connectivity index (χ0v) is 73.8. The van der Waals surface area contributed by atoms with Gasteiger partial charge in [-0.25, -0.2) is 14.6 Å². The van der Waals surface area contributed by atoms with E-state index in [0.29, 0.717) is 63.6 Å². The van der Waals surface area contributed by atoms with Crippen LogP contribution in [0.25, 0.3) is 33.8 Å². The van der Waals surface area contributed by atoms with Gasteiger partial charge in [-0.05, 0) is 173 Å². The maximum atomic E-state index is 13.2. The zero-order valence-electron chi connectivity index (χ0n) is 71.4. The molecule has 40 nitrogen and oxygen atoms in total. The second-order valence-corrected chi connectivity index (χ2v) is 30.6. The number of rotatable bonds is 23. The van der Waals surface area contributed by atoms with Crippen molar-refractivity contribution in [2.24, 2.45) is 34.0 Å². The molecule has 680 valence electrons. The van der Waals surface area contributed by atoms with Crippen molar-refractivity contribution in [2.75, 3.05) is 48.6 Å². The summed E-state index contributed by atoms with van der Waals surface area (Å²) in [5.74, 6) is 0.134. The summed E-state index contributed by atoms with van der Waals surface area (Å²) in [5, 5.41) is 66.8. The average Bonchev–Trinajstić information content (AvgIpc) is 1.61. The van der Waals surface area contributed by atoms with Gasteiger partial charge in [-0.3, -0.25) is 44.0 Å². The lowest BCUT2D eigenvalue weighted by molar-refractivity contribution is -0.877. The molecular formula is C85H86F3N24O16S3+. The van der Waals surface area contributed by atoms with Crippen LogP contribution in [0.1, 0.15) is 70.2 Å². The number of aromatic nitrogens is 9. The molecule has 2 atom stereocenters. The highest BCUT2D eigenvalue weighted by atomic mass is 32.2. The molecule has 2 aliphatic rings. The van der Waals surface area contributed by atoms with Crippen molar-refractivity contribution in [1.82, 2.24) is 65.2 Å². The van der Waals surface area contributed by atoms with E-state index in [1.807, 2.05) is 125 Å². The van der Waals surface area contributed by atoms with Crippen molar-refractivity contribution in [1.29, 1.82) is 0 Å². The van der Waals surface area contributed by atoms with Crippen molar-refractivity contribution < 1.29 is 84.8 Å². The predicted octanol–water partition coefficient (Wildman–Crippen LogP) is 12.9. The van der Waals surface area contributed by atoms with Crippen molar-refractivity contribution in [3.05, 3.63) is 273 Å². The van der Waals surface area contributed by atoms with E-state index in [1.54, 1.807) is 105 Å². The van der Waals surface area contributed by atoms with Crippen LogP contribution in [0, 0.1) is 53.8 Å². The highest BCUT2D eigenvalue weighted by Crippen LogP contribution is 2.38. The Kier molecular flexibility index (Phi) is 33.5. The summed E-state index contributed by atoms with van der Waals surface area (Å²) in [6, 6.07) is 48.6. The molecule has 15 rings (SSSR count). The predicted molar refractivity (Wildman–Crippen MR) is 490 cm³/mol. The highest BCUT2D eigenvalue weighted by Gasteiger charge is 2.37. The third-order valence-corrected chi connectivity index (χ3v) is 19.5. The van der Waals surface area contributed by atoms with Crippen LogP contribution >= 0.6 is 36.2 Å². The number of carbonyl (C=O) groups excluding carboxylic acids is 5. The lowest BCUT2D eigenvalue weighted by Crippen LogP contribution is -2.53. The summed E-state index contributed by atoms with van der Waals surface area (Å²) in [5.41, 5.74) is 17.3. The van der Waals surface area contributed by atoms with Crippen LogP contribution in [0.3, 0.4) is 0 Å². The molecule has 0 radical (unpaired) electrons. The van der Waals surface area contributed by atoms with Gasteiger partial charge in [0, 0.05) is 92.6 Å². The molecule has 11 N–H and O–H groups in total. The average molecular weight is 1850 g/mol. The number of carboxylic acid groups (broad SMARTS) is 1. The zero-order chi connectivity index (χ0) is 94.8. The number of fused-ring (bicyclic) bond motifs is 2. The van der Waals surface area contributed by atoms with E-state index >= 15 is 0 Å². The number of para-hydroxylation sites is 3. The number of nitrogens with two attached hydrogens (primary N) is 1. The first-order valence-corrected chi connectivity index (χ1v) is 40.8. The summed E-state index contributed by atoms with van der Waals surface area (Å²) in [7, 11) is 6.29. The fourth-order valence-electron chi connectivity index (χ4n) is 12.1. The number of aliphatic carboxylic acids is 1. The second kappa shape index (κ2) is 45.3. The molecule has 0 spiro atoms.